The Morgan fingerprint density at radius 1 is 1.28 bits per heavy atom. The Labute approximate surface area is 144 Å². The molecule has 0 aliphatic carbocycles. The highest BCUT2D eigenvalue weighted by molar-refractivity contribution is 5.90. The number of primary amides is 1. The smallest absolute Gasteiger partial charge is 0.269 e. The van der Waals surface area contributed by atoms with Crippen LogP contribution in [0.5, 0.6) is 0 Å². The lowest BCUT2D eigenvalue weighted by Gasteiger charge is -2.19. The van der Waals surface area contributed by atoms with Crippen LogP contribution in [-0.4, -0.2) is 33.5 Å². The van der Waals surface area contributed by atoms with Crippen LogP contribution in [-0.2, 0) is 11.3 Å². The molecule has 1 aromatic heterocycles. The molecule has 0 saturated carbocycles. The highest BCUT2D eigenvalue weighted by Gasteiger charge is 2.24. The zero-order valence-electron chi connectivity index (χ0n) is 13.7. The van der Waals surface area contributed by atoms with Crippen molar-refractivity contribution in [1.29, 1.82) is 0 Å². The SMILES string of the molecule is CC(=O)N1CCC(Nc2ccc(C(N)=O)nn2)c2ccc(F)cc2C1. The van der Waals surface area contributed by atoms with Gasteiger partial charge in [0.15, 0.2) is 5.69 Å². The molecule has 7 nitrogen and oxygen atoms in total. The number of aromatic nitrogens is 2. The molecule has 1 atom stereocenters. The van der Waals surface area contributed by atoms with Crippen molar-refractivity contribution in [3.8, 4) is 0 Å². The topological polar surface area (TPSA) is 101 Å². The molecule has 0 radical (unpaired) electrons. The van der Waals surface area contributed by atoms with Crippen LogP contribution < -0.4 is 11.1 Å². The number of hydrogen-bond acceptors (Lipinski definition) is 5. The molecule has 3 N–H and O–H groups in total. The van der Waals surface area contributed by atoms with Crippen molar-refractivity contribution in [2.75, 3.05) is 11.9 Å². The second-order valence-electron chi connectivity index (χ2n) is 5.94. The van der Waals surface area contributed by atoms with Crippen molar-refractivity contribution in [2.24, 2.45) is 5.73 Å². The molecule has 1 unspecified atom stereocenters. The highest BCUT2D eigenvalue weighted by atomic mass is 19.1. The Kier molecular flexibility index (Phi) is 4.60. The summed E-state index contributed by atoms with van der Waals surface area (Å²) < 4.78 is 13.6. The van der Waals surface area contributed by atoms with Crippen LogP contribution in [0.2, 0.25) is 0 Å². The number of fused-ring (bicyclic) bond motifs is 1. The normalized spacial score (nSPS) is 16.7. The number of halogens is 1. The number of rotatable bonds is 3. The van der Waals surface area contributed by atoms with Crippen LogP contribution in [0.3, 0.4) is 0 Å². The fraction of sp³-hybridized carbons (Fsp3) is 0.294. The molecule has 2 aromatic rings. The van der Waals surface area contributed by atoms with E-state index in [9.17, 15) is 14.0 Å². The zero-order valence-corrected chi connectivity index (χ0v) is 13.7. The van der Waals surface area contributed by atoms with Gasteiger partial charge in [-0.25, -0.2) is 4.39 Å². The van der Waals surface area contributed by atoms with Gasteiger partial charge in [-0.1, -0.05) is 6.07 Å². The summed E-state index contributed by atoms with van der Waals surface area (Å²) in [6.45, 7) is 2.41. The van der Waals surface area contributed by atoms with E-state index in [-0.39, 0.29) is 23.5 Å². The molecule has 3 rings (SSSR count). The molecule has 8 heteroatoms. The van der Waals surface area contributed by atoms with Gasteiger partial charge in [-0.3, -0.25) is 9.59 Å². The number of hydrogen-bond donors (Lipinski definition) is 2. The molecule has 0 fully saturated rings. The number of anilines is 1. The summed E-state index contributed by atoms with van der Waals surface area (Å²) >= 11 is 0. The molecular formula is C17H18FN5O2. The van der Waals surface area contributed by atoms with Gasteiger partial charge in [-0.05, 0) is 41.8 Å². The molecule has 130 valence electrons. The van der Waals surface area contributed by atoms with Gasteiger partial charge in [0, 0.05) is 20.0 Å². The van der Waals surface area contributed by atoms with Crippen LogP contribution in [0.1, 0.15) is 41.0 Å². The Bertz CT molecular complexity index is 809. The number of carbonyl (C=O) groups is 2. The number of benzene rings is 1. The first kappa shape index (κ1) is 16.8. The molecule has 1 aliphatic heterocycles. The number of nitrogens with two attached hydrogens (primary N) is 1. The van der Waals surface area contributed by atoms with E-state index in [1.54, 1.807) is 17.0 Å². The predicted molar refractivity (Wildman–Crippen MR) is 89.0 cm³/mol. The average Bonchev–Trinajstić information content (AvgIpc) is 2.75. The summed E-state index contributed by atoms with van der Waals surface area (Å²) in [4.78, 5) is 24.5. The van der Waals surface area contributed by atoms with Gasteiger partial charge in [0.1, 0.15) is 11.6 Å². The zero-order chi connectivity index (χ0) is 18.0. The van der Waals surface area contributed by atoms with E-state index in [0.717, 1.165) is 11.1 Å². The third kappa shape index (κ3) is 3.73. The second-order valence-corrected chi connectivity index (χ2v) is 5.94. The number of nitrogens with one attached hydrogen (secondary N) is 1. The van der Waals surface area contributed by atoms with E-state index in [4.69, 9.17) is 5.73 Å². The first-order chi connectivity index (χ1) is 11.9. The maximum atomic E-state index is 13.6. The minimum Gasteiger partial charge on any atom is -0.364 e. The van der Waals surface area contributed by atoms with Gasteiger partial charge in [0.2, 0.25) is 5.91 Å². The minimum absolute atomic E-state index is 0.0542. The quantitative estimate of drug-likeness (QED) is 0.882. The summed E-state index contributed by atoms with van der Waals surface area (Å²) in [5, 5.41) is 11.0. The molecule has 1 aliphatic rings. The molecule has 1 aromatic carbocycles. The van der Waals surface area contributed by atoms with Crippen LogP contribution in [0.15, 0.2) is 30.3 Å². The fourth-order valence-corrected chi connectivity index (χ4v) is 2.91. The summed E-state index contributed by atoms with van der Waals surface area (Å²) in [7, 11) is 0. The van der Waals surface area contributed by atoms with Gasteiger partial charge >= 0.3 is 0 Å². The maximum absolute atomic E-state index is 13.6. The largest absolute Gasteiger partial charge is 0.364 e. The summed E-state index contributed by atoms with van der Waals surface area (Å²) in [5.74, 6) is -0.567. The Morgan fingerprint density at radius 2 is 2.08 bits per heavy atom. The van der Waals surface area contributed by atoms with Crippen molar-refractivity contribution in [3.63, 3.8) is 0 Å². The fourth-order valence-electron chi connectivity index (χ4n) is 2.91. The minimum atomic E-state index is -0.647. The molecule has 0 saturated heterocycles. The Hall–Kier alpha value is -3.03. The lowest BCUT2D eigenvalue weighted by Crippen LogP contribution is -2.28. The summed E-state index contributed by atoms with van der Waals surface area (Å²) in [6.07, 6.45) is 0.636. The molecule has 25 heavy (non-hydrogen) atoms. The van der Waals surface area contributed by atoms with Gasteiger partial charge in [0.05, 0.1) is 6.04 Å². The molecule has 2 heterocycles. The Balaban J connectivity index is 1.88. The Morgan fingerprint density at radius 3 is 2.72 bits per heavy atom. The third-order valence-electron chi connectivity index (χ3n) is 4.21. The highest BCUT2D eigenvalue weighted by Crippen LogP contribution is 2.30. The van der Waals surface area contributed by atoms with Gasteiger partial charge < -0.3 is 16.0 Å². The number of nitrogens with zero attached hydrogens (tertiary/aromatic N) is 3. The van der Waals surface area contributed by atoms with E-state index >= 15 is 0 Å². The van der Waals surface area contributed by atoms with Crippen molar-refractivity contribution in [2.45, 2.75) is 25.9 Å². The van der Waals surface area contributed by atoms with E-state index in [0.29, 0.717) is 25.3 Å². The van der Waals surface area contributed by atoms with Crippen LogP contribution in [0.25, 0.3) is 0 Å². The van der Waals surface area contributed by atoms with E-state index in [1.165, 1.54) is 25.1 Å². The standard InChI is InChI=1S/C17H18FN5O2/c1-10(24)23-7-6-14(13-3-2-12(18)8-11(13)9-23)20-16-5-4-15(17(19)25)21-22-16/h2-5,8,14H,6-7,9H2,1H3,(H2,19,25)(H,20,22). The lowest BCUT2D eigenvalue weighted by molar-refractivity contribution is -0.129. The molecular weight excluding hydrogens is 325 g/mol. The summed E-state index contributed by atoms with van der Waals surface area (Å²) in [5.41, 5.74) is 6.90. The van der Waals surface area contributed by atoms with Crippen LogP contribution in [0, 0.1) is 5.82 Å². The van der Waals surface area contributed by atoms with Crippen molar-refractivity contribution in [1.82, 2.24) is 15.1 Å². The van der Waals surface area contributed by atoms with E-state index in [2.05, 4.69) is 15.5 Å². The van der Waals surface area contributed by atoms with E-state index in [1.807, 2.05) is 0 Å². The van der Waals surface area contributed by atoms with Gasteiger partial charge in [-0.15, -0.1) is 10.2 Å². The number of carbonyl (C=O) groups excluding carboxylic acids is 2. The van der Waals surface area contributed by atoms with Crippen molar-refractivity contribution < 1.29 is 14.0 Å². The monoisotopic (exact) mass is 343 g/mol. The van der Waals surface area contributed by atoms with Crippen molar-refractivity contribution in [3.05, 3.63) is 53.0 Å². The third-order valence-corrected chi connectivity index (χ3v) is 4.21. The van der Waals surface area contributed by atoms with Crippen LogP contribution >= 0.6 is 0 Å². The maximum Gasteiger partial charge on any atom is 0.269 e. The molecule has 2 amide bonds. The first-order valence-electron chi connectivity index (χ1n) is 7.88. The van der Waals surface area contributed by atoms with Crippen LogP contribution in [0.4, 0.5) is 10.2 Å². The molecule has 0 bridgehead atoms. The second kappa shape index (κ2) is 6.84. The predicted octanol–water partition coefficient (Wildman–Crippen LogP) is 1.62. The number of amides is 2. The van der Waals surface area contributed by atoms with E-state index < -0.39 is 5.91 Å². The first-order valence-corrected chi connectivity index (χ1v) is 7.88. The van der Waals surface area contributed by atoms with Gasteiger partial charge in [0.25, 0.3) is 5.91 Å². The average molecular weight is 343 g/mol. The summed E-state index contributed by atoms with van der Waals surface area (Å²) in [6, 6.07) is 7.52. The lowest BCUT2D eigenvalue weighted by atomic mass is 9.99. The van der Waals surface area contributed by atoms with Gasteiger partial charge in [-0.2, -0.15) is 0 Å². The molecule has 0 spiro atoms. The van der Waals surface area contributed by atoms with Crippen molar-refractivity contribution >= 4 is 17.6 Å².